The van der Waals surface area contributed by atoms with Crippen molar-refractivity contribution < 1.29 is 27.5 Å². The van der Waals surface area contributed by atoms with Gasteiger partial charge in [0, 0.05) is 36.3 Å². The number of rotatable bonds is 6. The predicted octanol–water partition coefficient (Wildman–Crippen LogP) is 5.75. The lowest BCUT2D eigenvalue weighted by atomic mass is 9.93. The van der Waals surface area contributed by atoms with Gasteiger partial charge < -0.3 is 14.6 Å². The normalized spacial score (nSPS) is 12.3. The molecule has 4 aromatic rings. The molecule has 0 bridgehead atoms. The van der Waals surface area contributed by atoms with Crippen LogP contribution in [0.15, 0.2) is 59.5 Å². The Hall–Kier alpha value is -3.89. The zero-order valence-corrected chi connectivity index (χ0v) is 22.9. The minimum Gasteiger partial charge on any atom is -0.467 e. The largest absolute Gasteiger partial charge is 0.467 e. The fraction of sp³-hybridized carbons (Fsp3) is 0.214. The number of nitrogens with one attached hydrogen (secondary N) is 1. The van der Waals surface area contributed by atoms with Crippen LogP contribution in [-0.2, 0) is 29.2 Å². The topological polar surface area (TPSA) is 90.3 Å². The van der Waals surface area contributed by atoms with E-state index in [2.05, 4.69) is 10.3 Å². The van der Waals surface area contributed by atoms with Crippen molar-refractivity contribution in [1.82, 2.24) is 14.9 Å². The zero-order valence-electron chi connectivity index (χ0n) is 21.4. The Morgan fingerprint density at radius 2 is 1.77 bits per heavy atom. The number of pyridine rings is 2. The van der Waals surface area contributed by atoms with Crippen molar-refractivity contribution in [2.45, 2.75) is 25.6 Å². The first-order valence-corrected chi connectivity index (χ1v) is 12.6. The molecule has 0 aliphatic rings. The maximum Gasteiger partial charge on any atom is 0.417 e. The molecule has 4 rings (SSSR count). The van der Waals surface area contributed by atoms with Crippen LogP contribution < -0.4 is 10.9 Å². The summed E-state index contributed by atoms with van der Waals surface area (Å²) in [6.07, 6.45) is -3.52. The Morgan fingerprint density at radius 1 is 1.10 bits per heavy atom. The smallest absolute Gasteiger partial charge is 0.417 e. The first-order chi connectivity index (χ1) is 18.8. The predicted molar refractivity (Wildman–Crippen MR) is 146 cm³/mol. The Bertz CT molecular complexity index is 1680. The van der Waals surface area contributed by atoms with Crippen LogP contribution in [0, 0.1) is 6.92 Å². The van der Waals surface area contributed by atoms with E-state index in [9.17, 15) is 27.6 Å². The molecule has 0 aliphatic carbocycles. The third-order valence-electron chi connectivity index (χ3n) is 6.51. The third kappa shape index (κ3) is 5.55. The van der Waals surface area contributed by atoms with E-state index in [0.29, 0.717) is 10.9 Å². The van der Waals surface area contributed by atoms with Gasteiger partial charge in [0.2, 0.25) is 0 Å². The van der Waals surface area contributed by atoms with E-state index in [-0.39, 0.29) is 38.8 Å². The van der Waals surface area contributed by atoms with Crippen LogP contribution in [0.2, 0.25) is 10.0 Å². The first-order valence-electron chi connectivity index (χ1n) is 11.8. The Labute approximate surface area is 236 Å². The van der Waals surface area contributed by atoms with Crippen LogP contribution in [0.3, 0.4) is 0 Å². The van der Waals surface area contributed by atoms with Gasteiger partial charge in [-0.25, -0.2) is 4.79 Å². The number of aryl methyl sites for hydroxylation is 1. The zero-order chi connectivity index (χ0) is 29.4. The summed E-state index contributed by atoms with van der Waals surface area (Å²) < 4.78 is 48.1. The second kappa shape index (κ2) is 11.3. The van der Waals surface area contributed by atoms with Gasteiger partial charge in [0.1, 0.15) is 6.04 Å². The number of ether oxygens (including phenoxy) is 1. The molecule has 1 atom stereocenters. The van der Waals surface area contributed by atoms with Crippen LogP contribution in [0.5, 0.6) is 0 Å². The number of fused-ring (bicyclic) bond motifs is 1. The number of benzene rings is 2. The van der Waals surface area contributed by atoms with Crippen molar-refractivity contribution in [1.29, 1.82) is 0 Å². The van der Waals surface area contributed by atoms with Crippen LogP contribution in [0.4, 0.5) is 13.2 Å². The summed E-state index contributed by atoms with van der Waals surface area (Å²) in [7, 11) is 2.54. The molecule has 208 valence electrons. The van der Waals surface area contributed by atoms with Crippen molar-refractivity contribution >= 4 is 46.0 Å². The van der Waals surface area contributed by atoms with E-state index >= 15 is 0 Å². The second-order valence-corrected chi connectivity index (χ2v) is 9.77. The summed E-state index contributed by atoms with van der Waals surface area (Å²) in [6.45, 7) is 1.41. The maximum absolute atomic E-state index is 14.0. The number of carbonyl (C=O) groups excluding carboxylic acids is 2. The SMILES string of the molecule is COC(=O)[C@H](Cc1ccc(-c2c(C(F)(F)F)cc(C)n(C)c2=O)c2ncccc12)NC(=O)c1c(Cl)cccc1Cl. The van der Waals surface area contributed by atoms with Gasteiger partial charge in [-0.3, -0.25) is 14.6 Å². The fourth-order valence-corrected chi connectivity index (χ4v) is 4.99. The van der Waals surface area contributed by atoms with Gasteiger partial charge in [0.05, 0.1) is 39.4 Å². The Kier molecular flexibility index (Phi) is 8.23. The van der Waals surface area contributed by atoms with Gasteiger partial charge in [-0.1, -0.05) is 47.5 Å². The molecule has 2 aromatic heterocycles. The Balaban J connectivity index is 1.83. The van der Waals surface area contributed by atoms with Gasteiger partial charge in [0.25, 0.3) is 11.5 Å². The van der Waals surface area contributed by atoms with E-state index in [4.69, 9.17) is 27.9 Å². The van der Waals surface area contributed by atoms with E-state index in [0.717, 1.165) is 17.7 Å². The first kappa shape index (κ1) is 29.1. The highest BCUT2D eigenvalue weighted by atomic mass is 35.5. The summed E-state index contributed by atoms with van der Waals surface area (Å²) in [4.78, 5) is 43.0. The van der Waals surface area contributed by atoms with E-state index < -0.39 is 40.8 Å². The number of aromatic nitrogens is 2. The molecule has 12 heteroatoms. The lowest BCUT2D eigenvalue weighted by Crippen LogP contribution is -2.43. The molecule has 0 aliphatic heterocycles. The van der Waals surface area contributed by atoms with E-state index in [1.165, 1.54) is 44.4 Å². The summed E-state index contributed by atoms with van der Waals surface area (Å²) in [5.41, 5.74) is -1.77. The average molecular weight is 592 g/mol. The van der Waals surface area contributed by atoms with Crippen LogP contribution in [0.25, 0.3) is 22.0 Å². The van der Waals surface area contributed by atoms with Crippen molar-refractivity contribution in [2.24, 2.45) is 7.05 Å². The van der Waals surface area contributed by atoms with Gasteiger partial charge in [-0.2, -0.15) is 13.2 Å². The average Bonchev–Trinajstić information content (AvgIpc) is 2.90. The lowest BCUT2D eigenvalue weighted by molar-refractivity contribution is -0.142. The molecule has 2 aromatic carbocycles. The van der Waals surface area contributed by atoms with Crippen molar-refractivity contribution in [3.8, 4) is 11.1 Å². The molecule has 0 saturated heterocycles. The molecule has 1 amide bonds. The van der Waals surface area contributed by atoms with Gasteiger partial charge in [-0.15, -0.1) is 0 Å². The minimum absolute atomic E-state index is 0.0197. The summed E-state index contributed by atoms with van der Waals surface area (Å²) in [5.74, 6) is -1.49. The Morgan fingerprint density at radius 3 is 2.40 bits per heavy atom. The van der Waals surface area contributed by atoms with Gasteiger partial charge >= 0.3 is 12.1 Å². The van der Waals surface area contributed by atoms with Crippen LogP contribution in [0.1, 0.15) is 27.2 Å². The molecule has 0 spiro atoms. The maximum atomic E-state index is 14.0. The molecule has 0 unspecified atom stereocenters. The number of alkyl halides is 3. The molecule has 0 fully saturated rings. The molecule has 0 radical (unpaired) electrons. The highest BCUT2D eigenvalue weighted by molar-refractivity contribution is 6.39. The second-order valence-electron chi connectivity index (χ2n) is 8.96. The highest BCUT2D eigenvalue weighted by Crippen LogP contribution is 2.38. The lowest BCUT2D eigenvalue weighted by Gasteiger charge is -2.20. The van der Waals surface area contributed by atoms with Gasteiger partial charge in [-0.05, 0) is 36.8 Å². The molecule has 2 heterocycles. The number of nitrogens with zero attached hydrogens (tertiary/aromatic N) is 2. The molecule has 7 nitrogen and oxygen atoms in total. The number of hydrogen-bond acceptors (Lipinski definition) is 5. The summed E-state index contributed by atoms with van der Waals surface area (Å²) in [5, 5.41) is 3.11. The molecular weight excluding hydrogens is 570 g/mol. The molecular formula is C28H22Cl2F3N3O4. The van der Waals surface area contributed by atoms with Crippen molar-refractivity contribution in [2.75, 3.05) is 7.11 Å². The number of carbonyl (C=O) groups is 2. The molecule has 0 saturated carbocycles. The molecule has 1 N–H and O–H groups in total. The van der Waals surface area contributed by atoms with E-state index in [1.54, 1.807) is 18.2 Å². The highest BCUT2D eigenvalue weighted by Gasteiger charge is 2.37. The van der Waals surface area contributed by atoms with Crippen molar-refractivity contribution in [3.63, 3.8) is 0 Å². The van der Waals surface area contributed by atoms with E-state index in [1.807, 2.05) is 0 Å². The van der Waals surface area contributed by atoms with Gasteiger partial charge in [0.15, 0.2) is 0 Å². The van der Waals surface area contributed by atoms with Crippen molar-refractivity contribution in [3.05, 3.63) is 97.5 Å². The number of hydrogen-bond donors (Lipinski definition) is 1. The summed E-state index contributed by atoms with van der Waals surface area (Å²) in [6, 6.07) is 10.2. The fourth-order valence-electron chi connectivity index (χ4n) is 4.42. The number of amides is 1. The number of halogens is 5. The number of methoxy groups -OCH3 is 1. The van der Waals surface area contributed by atoms with Crippen LogP contribution in [-0.4, -0.2) is 34.6 Å². The molecule has 40 heavy (non-hydrogen) atoms. The standard InChI is InChI=1S/C28H22Cl2F3N3O4/c1-14-12-18(28(31,32)33)22(26(38)36(14)2)17-10-9-15(16-6-5-11-34-24(16)17)13-21(27(39)40-3)35-25(37)23-19(29)7-4-8-20(23)30/h4-12,21H,13H2,1-3H3,(H,35,37)/t21-/m0/s1. The quantitative estimate of drug-likeness (QED) is 0.288. The minimum atomic E-state index is -4.80. The van der Waals surface area contributed by atoms with Crippen LogP contribution >= 0.6 is 23.2 Å². The third-order valence-corrected chi connectivity index (χ3v) is 7.14. The monoisotopic (exact) mass is 591 g/mol. The number of esters is 1. The summed E-state index contributed by atoms with van der Waals surface area (Å²) >= 11 is 12.3.